The standard InChI is InChI=1S/C22H47NO4S.FH/c1-5-6-7-8-9-10-11-12-13-14-15-16-17-18-19-20-21-23(3,4)22(2)27-28(24,25)26;/h22H,5-21H2,1-4H3;1H. The quantitative estimate of drug-likeness (QED) is 0.136. The minimum absolute atomic E-state index is 0. The van der Waals surface area contributed by atoms with Gasteiger partial charge < -0.3 is 9.19 Å². The highest BCUT2D eigenvalue weighted by molar-refractivity contribution is 7.80. The molecule has 0 aromatic heterocycles. The lowest BCUT2D eigenvalue weighted by Crippen LogP contribution is -3.00. The van der Waals surface area contributed by atoms with Crippen LogP contribution in [0, 0.1) is 0 Å². The predicted molar refractivity (Wildman–Crippen MR) is 119 cm³/mol. The number of halogens is 1. The summed E-state index contributed by atoms with van der Waals surface area (Å²) in [6.07, 6.45) is 20.9. The predicted octanol–water partition coefficient (Wildman–Crippen LogP) is 3.49. The second-order valence-electron chi connectivity index (χ2n) is 8.93. The van der Waals surface area contributed by atoms with E-state index in [-0.39, 0.29) is 4.70 Å². The number of rotatable bonds is 20. The zero-order valence-corrected chi connectivity index (χ0v) is 20.3. The maximum Gasteiger partial charge on any atom is 0.402 e. The van der Waals surface area contributed by atoms with Crippen LogP contribution in [0.4, 0.5) is 0 Å². The fourth-order valence-electron chi connectivity index (χ4n) is 3.54. The van der Waals surface area contributed by atoms with Gasteiger partial charge in [-0.1, -0.05) is 96.8 Å². The Morgan fingerprint density at radius 1 is 0.724 bits per heavy atom. The van der Waals surface area contributed by atoms with E-state index < -0.39 is 16.6 Å². The van der Waals surface area contributed by atoms with Gasteiger partial charge in [0.05, 0.1) is 20.6 Å². The van der Waals surface area contributed by atoms with Crippen molar-refractivity contribution in [3.63, 3.8) is 0 Å². The average Bonchev–Trinajstić information content (AvgIpc) is 2.60. The molecule has 0 aliphatic heterocycles. The molecule has 1 atom stereocenters. The third kappa shape index (κ3) is 20.8. The summed E-state index contributed by atoms with van der Waals surface area (Å²) in [5.41, 5.74) is 0. The van der Waals surface area contributed by atoms with Crippen LogP contribution in [0.5, 0.6) is 0 Å². The third-order valence-corrected chi connectivity index (χ3v) is 6.35. The lowest BCUT2D eigenvalue weighted by atomic mass is 10.0. The normalized spacial score (nSPS) is 13.3. The summed E-state index contributed by atoms with van der Waals surface area (Å²) < 4.78 is 35.6. The third-order valence-electron chi connectivity index (χ3n) is 5.83. The van der Waals surface area contributed by atoms with Gasteiger partial charge in [0.2, 0.25) is 6.23 Å². The SMILES string of the molecule is CCCCCCCCCCCCCCCCCC[N+](C)(C)C(C)OS(=O)(=O)O.[F-]. The van der Waals surface area contributed by atoms with Crippen LogP contribution in [0.3, 0.4) is 0 Å². The van der Waals surface area contributed by atoms with Gasteiger partial charge in [-0.3, -0.25) is 4.55 Å². The Kier molecular flexibility index (Phi) is 19.8. The fourth-order valence-corrected chi connectivity index (χ4v) is 4.13. The molecule has 0 radical (unpaired) electrons. The summed E-state index contributed by atoms with van der Waals surface area (Å²) in [5.74, 6) is 0. The van der Waals surface area contributed by atoms with Gasteiger partial charge in [-0.2, -0.15) is 12.6 Å². The second kappa shape index (κ2) is 18.5. The number of nitrogens with zero attached hydrogens (tertiary/aromatic N) is 1. The molecule has 0 aliphatic carbocycles. The van der Waals surface area contributed by atoms with E-state index in [1.807, 2.05) is 14.1 Å². The van der Waals surface area contributed by atoms with Crippen LogP contribution < -0.4 is 4.70 Å². The van der Waals surface area contributed by atoms with E-state index in [1.54, 1.807) is 6.92 Å². The molecule has 0 fully saturated rings. The smallest absolute Gasteiger partial charge is 0.402 e. The topological polar surface area (TPSA) is 63.6 Å². The summed E-state index contributed by atoms with van der Waals surface area (Å²) in [6, 6.07) is 0. The van der Waals surface area contributed by atoms with E-state index in [9.17, 15) is 8.42 Å². The molecular formula is C22H48FNO4S. The molecule has 1 N–H and O–H groups in total. The van der Waals surface area contributed by atoms with Crippen LogP contribution in [0.2, 0.25) is 0 Å². The van der Waals surface area contributed by atoms with Crippen LogP contribution in [0.1, 0.15) is 117 Å². The highest BCUT2D eigenvalue weighted by Crippen LogP contribution is 2.16. The van der Waals surface area contributed by atoms with Crippen LogP contribution in [0.25, 0.3) is 0 Å². The van der Waals surface area contributed by atoms with E-state index in [2.05, 4.69) is 11.1 Å². The molecular weight excluding hydrogens is 393 g/mol. The Balaban J connectivity index is 0. The summed E-state index contributed by atoms with van der Waals surface area (Å²) in [4.78, 5) is 0. The number of hydrogen-bond acceptors (Lipinski definition) is 3. The summed E-state index contributed by atoms with van der Waals surface area (Å²) in [7, 11) is -0.520. The number of hydrogen-bond donors (Lipinski definition) is 1. The largest absolute Gasteiger partial charge is 1.00 e. The minimum Gasteiger partial charge on any atom is -1.00 e. The lowest BCUT2D eigenvalue weighted by molar-refractivity contribution is -0.931. The number of unbranched alkanes of at least 4 members (excludes halogenated alkanes) is 15. The van der Waals surface area contributed by atoms with E-state index >= 15 is 0 Å². The van der Waals surface area contributed by atoms with Crippen molar-refractivity contribution in [2.24, 2.45) is 0 Å². The molecule has 7 heteroatoms. The van der Waals surface area contributed by atoms with E-state index in [1.165, 1.54) is 89.9 Å². The molecule has 0 aliphatic rings. The molecule has 0 heterocycles. The van der Waals surface area contributed by atoms with Crippen LogP contribution in [0.15, 0.2) is 0 Å². The molecule has 0 saturated carbocycles. The maximum atomic E-state index is 10.8. The molecule has 29 heavy (non-hydrogen) atoms. The van der Waals surface area contributed by atoms with Crippen molar-refractivity contribution in [3.8, 4) is 0 Å². The van der Waals surface area contributed by atoms with Gasteiger partial charge in [0.25, 0.3) is 0 Å². The van der Waals surface area contributed by atoms with Crippen molar-refractivity contribution in [2.45, 2.75) is 123 Å². The van der Waals surface area contributed by atoms with Gasteiger partial charge in [-0.25, -0.2) is 0 Å². The van der Waals surface area contributed by atoms with Crippen molar-refractivity contribution in [1.29, 1.82) is 0 Å². The van der Waals surface area contributed by atoms with Crippen LogP contribution >= 0.6 is 0 Å². The molecule has 1 unspecified atom stereocenters. The van der Waals surface area contributed by atoms with Crippen molar-refractivity contribution in [2.75, 3.05) is 20.6 Å². The van der Waals surface area contributed by atoms with E-state index in [0.29, 0.717) is 4.48 Å². The second-order valence-corrected chi connectivity index (χ2v) is 9.98. The Morgan fingerprint density at radius 2 is 1.03 bits per heavy atom. The first-order chi connectivity index (χ1) is 13.2. The van der Waals surface area contributed by atoms with Gasteiger partial charge >= 0.3 is 10.4 Å². The Labute approximate surface area is 180 Å². The zero-order valence-electron chi connectivity index (χ0n) is 19.5. The van der Waals surface area contributed by atoms with Crippen molar-refractivity contribution in [3.05, 3.63) is 0 Å². The molecule has 0 aromatic rings. The van der Waals surface area contributed by atoms with Crippen LogP contribution in [-0.4, -0.2) is 44.3 Å². The Morgan fingerprint density at radius 3 is 1.34 bits per heavy atom. The Bertz CT molecular complexity index is 458. The van der Waals surface area contributed by atoms with Gasteiger partial charge in [0.1, 0.15) is 0 Å². The first-order valence-corrected chi connectivity index (χ1v) is 13.0. The Hall–Kier alpha value is -0.240. The maximum absolute atomic E-state index is 10.8. The first kappa shape index (κ1) is 30.9. The van der Waals surface area contributed by atoms with Gasteiger partial charge in [0, 0.05) is 6.92 Å². The summed E-state index contributed by atoms with van der Waals surface area (Å²) in [6.45, 7) is 4.79. The van der Waals surface area contributed by atoms with Gasteiger partial charge in [-0.05, 0) is 12.8 Å². The van der Waals surface area contributed by atoms with Gasteiger partial charge in [-0.15, -0.1) is 0 Å². The van der Waals surface area contributed by atoms with E-state index in [0.717, 1.165) is 19.4 Å². The molecule has 5 nitrogen and oxygen atoms in total. The number of quaternary nitrogens is 1. The fraction of sp³-hybridized carbons (Fsp3) is 1.00. The molecule has 0 spiro atoms. The molecule has 0 aromatic carbocycles. The van der Waals surface area contributed by atoms with Crippen LogP contribution in [-0.2, 0) is 14.6 Å². The molecule has 0 amide bonds. The van der Waals surface area contributed by atoms with Gasteiger partial charge in [0.15, 0.2) is 0 Å². The highest BCUT2D eigenvalue weighted by Gasteiger charge is 2.28. The van der Waals surface area contributed by atoms with Crippen molar-refractivity contribution in [1.82, 2.24) is 0 Å². The molecule has 0 bridgehead atoms. The monoisotopic (exact) mass is 441 g/mol. The summed E-state index contributed by atoms with van der Waals surface area (Å²) in [5, 5.41) is 0. The molecule has 0 rings (SSSR count). The highest BCUT2D eigenvalue weighted by atomic mass is 32.3. The van der Waals surface area contributed by atoms with Crippen molar-refractivity contribution < 1.29 is 26.3 Å². The minimum atomic E-state index is -4.38. The zero-order chi connectivity index (χ0) is 21.3. The molecule has 178 valence electrons. The average molecular weight is 442 g/mol. The lowest BCUT2D eigenvalue weighted by Gasteiger charge is -2.34. The summed E-state index contributed by atoms with van der Waals surface area (Å²) >= 11 is 0. The first-order valence-electron chi connectivity index (χ1n) is 11.7. The van der Waals surface area contributed by atoms with E-state index in [4.69, 9.17) is 4.55 Å². The van der Waals surface area contributed by atoms with Crippen molar-refractivity contribution >= 4 is 10.4 Å². The molecule has 0 saturated heterocycles.